The van der Waals surface area contributed by atoms with Crippen LogP contribution in [0.1, 0.15) is 29.6 Å². The predicted octanol–water partition coefficient (Wildman–Crippen LogP) is 1.24. The quantitative estimate of drug-likeness (QED) is 0.876. The van der Waals surface area contributed by atoms with Crippen molar-refractivity contribution >= 4 is 17.5 Å². The van der Waals surface area contributed by atoms with Gasteiger partial charge in [-0.25, -0.2) is 0 Å². The maximum atomic E-state index is 12.3. The van der Waals surface area contributed by atoms with Crippen LogP contribution >= 0.6 is 0 Å². The summed E-state index contributed by atoms with van der Waals surface area (Å²) in [6.07, 6.45) is 2.43. The van der Waals surface area contributed by atoms with Crippen LogP contribution < -0.4 is 10.6 Å². The van der Waals surface area contributed by atoms with Crippen molar-refractivity contribution in [1.29, 1.82) is 0 Å². The Hall–Kier alpha value is -1.92. The summed E-state index contributed by atoms with van der Waals surface area (Å²) in [6.45, 7) is 3.87. The number of nitrogens with zero attached hydrogens (tertiary/aromatic N) is 1. The van der Waals surface area contributed by atoms with E-state index in [1.165, 1.54) is 0 Å². The van der Waals surface area contributed by atoms with Crippen LogP contribution in [-0.2, 0) is 9.53 Å². The fourth-order valence-corrected chi connectivity index (χ4v) is 2.97. The first-order chi connectivity index (χ1) is 11.2. The summed E-state index contributed by atoms with van der Waals surface area (Å²) in [5, 5.41) is 6.06. The summed E-state index contributed by atoms with van der Waals surface area (Å²) in [7, 11) is 0. The first-order valence-corrected chi connectivity index (χ1v) is 8.24. The van der Waals surface area contributed by atoms with Crippen molar-refractivity contribution in [3.63, 3.8) is 0 Å². The number of hydrogen-bond acceptors (Lipinski definition) is 4. The first-order valence-electron chi connectivity index (χ1n) is 8.24. The maximum absolute atomic E-state index is 12.3. The molecule has 23 heavy (non-hydrogen) atoms. The SMILES string of the molecule is O=C(CC1CNCCO1)Nc1ccc(C(=O)N2CCCC2)cc1. The van der Waals surface area contributed by atoms with E-state index in [1.807, 2.05) is 4.90 Å². The molecule has 0 saturated carbocycles. The smallest absolute Gasteiger partial charge is 0.253 e. The van der Waals surface area contributed by atoms with E-state index in [-0.39, 0.29) is 17.9 Å². The molecule has 1 unspecified atom stereocenters. The molecule has 6 heteroatoms. The molecular weight excluding hydrogens is 294 g/mol. The molecule has 1 aromatic carbocycles. The topological polar surface area (TPSA) is 70.7 Å². The number of rotatable bonds is 4. The van der Waals surface area contributed by atoms with E-state index in [4.69, 9.17) is 4.74 Å². The first kappa shape index (κ1) is 16.0. The summed E-state index contributed by atoms with van der Waals surface area (Å²) in [6, 6.07) is 7.10. The molecule has 2 aliphatic rings. The van der Waals surface area contributed by atoms with Crippen LogP contribution in [0.5, 0.6) is 0 Å². The molecule has 2 heterocycles. The Bertz CT molecular complexity index is 547. The van der Waals surface area contributed by atoms with Crippen LogP contribution in [-0.4, -0.2) is 55.6 Å². The normalized spacial score (nSPS) is 21.2. The Morgan fingerprint density at radius 1 is 1.22 bits per heavy atom. The fourth-order valence-electron chi connectivity index (χ4n) is 2.97. The molecule has 1 aromatic rings. The average molecular weight is 317 g/mol. The number of hydrogen-bond donors (Lipinski definition) is 2. The van der Waals surface area contributed by atoms with Crippen LogP contribution in [0.25, 0.3) is 0 Å². The second-order valence-corrected chi connectivity index (χ2v) is 6.03. The van der Waals surface area contributed by atoms with Crippen molar-refractivity contribution in [2.75, 3.05) is 38.1 Å². The standard InChI is InChI=1S/C17H23N3O3/c21-16(11-15-12-18-7-10-23-15)19-14-5-3-13(4-6-14)17(22)20-8-1-2-9-20/h3-6,15,18H,1-2,7-12H2,(H,19,21). The Labute approximate surface area is 136 Å². The molecule has 6 nitrogen and oxygen atoms in total. The summed E-state index contributed by atoms with van der Waals surface area (Å²) in [5.41, 5.74) is 1.38. The molecule has 0 aliphatic carbocycles. The van der Waals surface area contributed by atoms with Crippen molar-refractivity contribution in [2.24, 2.45) is 0 Å². The molecule has 2 saturated heterocycles. The zero-order valence-corrected chi connectivity index (χ0v) is 13.2. The highest BCUT2D eigenvalue weighted by Gasteiger charge is 2.20. The van der Waals surface area contributed by atoms with Crippen molar-refractivity contribution in [1.82, 2.24) is 10.2 Å². The van der Waals surface area contributed by atoms with Crippen LogP contribution in [0.15, 0.2) is 24.3 Å². The number of nitrogens with one attached hydrogen (secondary N) is 2. The third-order valence-electron chi connectivity index (χ3n) is 4.23. The third-order valence-corrected chi connectivity index (χ3v) is 4.23. The van der Waals surface area contributed by atoms with Gasteiger partial charge in [-0.3, -0.25) is 9.59 Å². The van der Waals surface area contributed by atoms with Gasteiger partial charge in [0, 0.05) is 37.4 Å². The van der Waals surface area contributed by atoms with Crippen molar-refractivity contribution in [3.05, 3.63) is 29.8 Å². The number of ether oxygens (including phenoxy) is 1. The lowest BCUT2D eigenvalue weighted by Crippen LogP contribution is -2.40. The highest BCUT2D eigenvalue weighted by Crippen LogP contribution is 2.16. The number of carbonyl (C=O) groups excluding carboxylic acids is 2. The predicted molar refractivity (Wildman–Crippen MR) is 87.4 cm³/mol. The second kappa shape index (κ2) is 7.57. The molecule has 0 radical (unpaired) electrons. The van der Waals surface area contributed by atoms with E-state index >= 15 is 0 Å². The van der Waals surface area contributed by atoms with Crippen molar-refractivity contribution in [2.45, 2.75) is 25.4 Å². The van der Waals surface area contributed by atoms with E-state index in [0.29, 0.717) is 30.8 Å². The van der Waals surface area contributed by atoms with Gasteiger partial charge >= 0.3 is 0 Å². The molecule has 0 spiro atoms. The summed E-state index contributed by atoms with van der Waals surface area (Å²) in [5.74, 6) is -0.000578. The largest absolute Gasteiger partial charge is 0.375 e. The van der Waals surface area contributed by atoms with E-state index < -0.39 is 0 Å². The summed E-state index contributed by atoms with van der Waals surface area (Å²) < 4.78 is 5.52. The summed E-state index contributed by atoms with van der Waals surface area (Å²) >= 11 is 0. The van der Waals surface area contributed by atoms with Gasteiger partial charge in [0.25, 0.3) is 5.91 Å². The molecule has 2 aliphatic heterocycles. The molecule has 0 bridgehead atoms. The third kappa shape index (κ3) is 4.30. The van der Waals surface area contributed by atoms with E-state index in [0.717, 1.165) is 32.5 Å². The van der Waals surface area contributed by atoms with Gasteiger partial charge in [-0.2, -0.15) is 0 Å². The summed E-state index contributed by atoms with van der Waals surface area (Å²) in [4.78, 5) is 26.1. The lowest BCUT2D eigenvalue weighted by molar-refractivity contribution is -0.119. The van der Waals surface area contributed by atoms with Crippen molar-refractivity contribution in [3.8, 4) is 0 Å². The van der Waals surface area contributed by atoms with Gasteiger partial charge in [0.15, 0.2) is 0 Å². The molecule has 2 fully saturated rings. The molecule has 124 valence electrons. The minimum absolute atomic E-state index is 0.0697. The zero-order valence-electron chi connectivity index (χ0n) is 13.2. The number of anilines is 1. The second-order valence-electron chi connectivity index (χ2n) is 6.03. The Balaban J connectivity index is 1.52. The zero-order chi connectivity index (χ0) is 16.1. The van der Waals surface area contributed by atoms with E-state index in [9.17, 15) is 9.59 Å². The highest BCUT2D eigenvalue weighted by atomic mass is 16.5. The Morgan fingerprint density at radius 3 is 2.61 bits per heavy atom. The molecular formula is C17H23N3O3. The minimum Gasteiger partial charge on any atom is -0.375 e. The molecule has 3 rings (SSSR count). The maximum Gasteiger partial charge on any atom is 0.253 e. The minimum atomic E-state index is -0.0719. The van der Waals surface area contributed by atoms with Gasteiger partial charge < -0.3 is 20.3 Å². The lowest BCUT2D eigenvalue weighted by atomic mass is 10.1. The van der Waals surface area contributed by atoms with Gasteiger partial charge in [-0.05, 0) is 37.1 Å². The van der Waals surface area contributed by atoms with Crippen LogP contribution in [0.4, 0.5) is 5.69 Å². The molecule has 2 amide bonds. The van der Waals surface area contributed by atoms with E-state index in [2.05, 4.69) is 10.6 Å². The van der Waals surface area contributed by atoms with Crippen LogP contribution in [0.3, 0.4) is 0 Å². The monoisotopic (exact) mass is 317 g/mol. The Kier molecular flexibility index (Phi) is 5.25. The Morgan fingerprint density at radius 2 is 1.96 bits per heavy atom. The number of likely N-dealkylation sites (tertiary alicyclic amines) is 1. The van der Waals surface area contributed by atoms with Gasteiger partial charge in [0.05, 0.1) is 19.1 Å². The number of amides is 2. The van der Waals surface area contributed by atoms with Crippen molar-refractivity contribution < 1.29 is 14.3 Å². The van der Waals surface area contributed by atoms with Gasteiger partial charge in [0.1, 0.15) is 0 Å². The van der Waals surface area contributed by atoms with E-state index in [1.54, 1.807) is 24.3 Å². The number of carbonyl (C=O) groups is 2. The van der Waals surface area contributed by atoms with Gasteiger partial charge in [-0.1, -0.05) is 0 Å². The van der Waals surface area contributed by atoms with Crippen LogP contribution in [0.2, 0.25) is 0 Å². The number of morpholine rings is 1. The molecule has 1 atom stereocenters. The van der Waals surface area contributed by atoms with Crippen LogP contribution in [0, 0.1) is 0 Å². The molecule has 2 N–H and O–H groups in total. The molecule has 0 aromatic heterocycles. The van der Waals surface area contributed by atoms with Gasteiger partial charge in [-0.15, -0.1) is 0 Å². The number of benzene rings is 1. The fraction of sp³-hybridized carbons (Fsp3) is 0.529. The average Bonchev–Trinajstić information content (AvgIpc) is 3.10. The lowest BCUT2D eigenvalue weighted by Gasteiger charge is -2.23. The highest BCUT2D eigenvalue weighted by molar-refractivity contribution is 5.96. The van der Waals surface area contributed by atoms with Gasteiger partial charge in [0.2, 0.25) is 5.91 Å².